The molecule has 0 saturated heterocycles. The number of thiophene rings is 1. The number of anilines is 1. The van der Waals surface area contributed by atoms with Crippen LogP contribution in [0, 0.1) is 11.3 Å². The van der Waals surface area contributed by atoms with Crippen LogP contribution in [0.15, 0.2) is 24.3 Å². The predicted octanol–water partition coefficient (Wildman–Crippen LogP) is 4.03. The van der Waals surface area contributed by atoms with E-state index in [1.54, 1.807) is 18.2 Å². The Morgan fingerprint density at radius 3 is 2.70 bits per heavy atom. The summed E-state index contributed by atoms with van der Waals surface area (Å²) < 4.78 is 29.4. The van der Waals surface area contributed by atoms with E-state index < -0.39 is 6.61 Å². The van der Waals surface area contributed by atoms with Gasteiger partial charge in [-0.1, -0.05) is 19.1 Å². The summed E-state index contributed by atoms with van der Waals surface area (Å²) in [5, 5.41) is 9.04. The molecule has 0 atom stereocenters. The summed E-state index contributed by atoms with van der Waals surface area (Å²) in [4.78, 5) is 1.10. The minimum Gasteiger partial charge on any atom is -0.434 e. The molecule has 104 valence electrons. The van der Waals surface area contributed by atoms with Crippen molar-refractivity contribution in [1.29, 1.82) is 5.26 Å². The average molecular weight is 294 g/mol. The van der Waals surface area contributed by atoms with Gasteiger partial charge in [0, 0.05) is 10.4 Å². The lowest BCUT2D eigenvalue weighted by Crippen LogP contribution is -2.03. The zero-order chi connectivity index (χ0) is 14.7. The van der Waals surface area contributed by atoms with Crippen molar-refractivity contribution in [3.8, 4) is 22.3 Å². The zero-order valence-corrected chi connectivity index (χ0v) is 11.5. The van der Waals surface area contributed by atoms with Gasteiger partial charge in [0.1, 0.15) is 16.7 Å². The van der Waals surface area contributed by atoms with Crippen molar-refractivity contribution in [2.24, 2.45) is 0 Å². The molecule has 2 N–H and O–H groups in total. The Balaban J connectivity index is 2.60. The molecule has 0 spiro atoms. The van der Waals surface area contributed by atoms with E-state index >= 15 is 0 Å². The molecule has 0 aliphatic carbocycles. The second-order valence-corrected chi connectivity index (χ2v) is 5.01. The molecule has 3 nitrogen and oxygen atoms in total. The minimum atomic E-state index is -2.89. The van der Waals surface area contributed by atoms with E-state index in [-0.39, 0.29) is 5.75 Å². The van der Waals surface area contributed by atoms with Crippen molar-refractivity contribution in [3.05, 3.63) is 34.7 Å². The van der Waals surface area contributed by atoms with Crippen LogP contribution in [0.1, 0.15) is 17.4 Å². The Morgan fingerprint density at radius 2 is 2.10 bits per heavy atom. The van der Waals surface area contributed by atoms with Crippen molar-refractivity contribution in [3.63, 3.8) is 0 Å². The summed E-state index contributed by atoms with van der Waals surface area (Å²) in [7, 11) is 0. The fourth-order valence-corrected chi connectivity index (χ4v) is 3.12. The van der Waals surface area contributed by atoms with Crippen LogP contribution >= 0.6 is 11.3 Å². The van der Waals surface area contributed by atoms with Crippen LogP contribution < -0.4 is 10.5 Å². The van der Waals surface area contributed by atoms with Crippen molar-refractivity contribution >= 4 is 17.0 Å². The van der Waals surface area contributed by atoms with E-state index in [2.05, 4.69) is 4.74 Å². The van der Waals surface area contributed by atoms with Crippen molar-refractivity contribution in [2.75, 3.05) is 5.73 Å². The lowest BCUT2D eigenvalue weighted by molar-refractivity contribution is -0.0494. The molecule has 20 heavy (non-hydrogen) atoms. The number of nitrogens with zero attached hydrogens (tertiary/aromatic N) is 1. The first-order valence-corrected chi connectivity index (χ1v) is 6.75. The number of nitrogen functional groups attached to an aromatic ring is 1. The van der Waals surface area contributed by atoms with Gasteiger partial charge in [-0.25, -0.2) is 0 Å². The Kier molecular flexibility index (Phi) is 4.20. The molecule has 0 unspecified atom stereocenters. The number of alkyl halides is 2. The first-order valence-electron chi connectivity index (χ1n) is 5.93. The second-order valence-electron chi connectivity index (χ2n) is 3.99. The van der Waals surface area contributed by atoms with Crippen LogP contribution in [0.4, 0.5) is 14.5 Å². The monoisotopic (exact) mass is 294 g/mol. The van der Waals surface area contributed by atoms with Gasteiger partial charge < -0.3 is 10.5 Å². The summed E-state index contributed by atoms with van der Waals surface area (Å²) in [5.74, 6) is 0.0861. The minimum absolute atomic E-state index is 0.0861. The number of nitrogens with two attached hydrogens (primary N) is 1. The number of hydrogen-bond acceptors (Lipinski definition) is 4. The molecular weight excluding hydrogens is 282 g/mol. The van der Waals surface area contributed by atoms with Gasteiger partial charge in [0.15, 0.2) is 0 Å². The van der Waals surface area contributed by atoms with Gasteiger partial charge in [-0.15, -0.1) is 11.3 Å². The maximum atomic E-state index is 12.5. The topological polar surface area (TPSA) is 59.0 Å². The van der Waals surface area contributed by atoms with Gasteiger partial charge in [-0.05, 0) is 24.1 Å². The van der Waals surface area contributed by atoms with Gasteiger partial charge in [0.25, 0.3) is 0 Å². The molecule has 2 rings (SSSR count). The standard InChI is InChI=1S/C14H12F2N2OS/c1-2-8-12(18)11(7-17)20-13(8)9-5-3-4-6-10(9)19-14(15)16/h3-6,14H,2,18H2,1H3. The molecule has 1 heterocycles. The van der Waals surface area contributed by atoms with Gasteiger partial charge >= 0.3 is 6.61 Å². The van der Waals surface area contributed by atoms with E-state index in [1.807, 2.05) is 13.0 Å². The SMILES string of the molecule is CCc1c(-c2ccccc2OC(F)F)sc(C#N)c1N. The highest BCUT2D eigenvalue weighted by Crippen LogP contribution is 2.42. The number of benzene rings is 1. The third kappa shape index (κ3) is 2.58. The summed E-state index contributed by atoms with van der Waals surface area (Å²) in [6.45, 7) is -0.992. The number of halogens is 2. The fourth-order valence-electron chi connectivity index (χ4n) is 1.98. The average Bonchev–Trinajstić information content (AvgIpc) is 2.74. The van der Waals surface area contributed by atoms with Crippen LogP contribution in [0.3, 0.4) is 0 Å². The van der Waals surface area contributed by atoms with Crippen molar-refractivity contribution in [1.82, 2.24) is 0 Å². The first-order chi connectivity index (χ1) is 9.58. The number of ether oxygens (including phenoxy) is 1. The Labute approximate surface area is 119 Å². The third-order valence-electron chi connectivity index (χ3n) is 2.85. The van der Waals surface area contributed by atoms with Gasteiger partial charge in [-0.3, -0.25) is 0 Å². The maximum absolute atomic E-state index is 12.5. The summed E-state index contributed by atoms with van der Waals surface area (Å²) >= 11 is 1.19. The lowest BCUT2D eigenvalue weighted by Gasteiger charge is -2.10. The van der Waals surface area contributed by atoms with E-state index in [0.717, 1.165) is 5.56 Å². The Bertz CT molecular complexity index is 662. The zero-order valence-electron chi connectivity index (χ0n) is 10.7. The number of para-hydroxylation sites is 1. The molecule has 0 bridgehead atoms. The summed E-state index contributed by atoms with van der Waals surface area (Å²) in [6, 6.07) is 8.54. The van der Waals surface area contributed by atoms with E-state index in [0.29, 0.717) is 27.4 Å². The number of rotatable bonds is 4. The first kappa shape index (κ1) is 14.3. The van der Waals surface area contributed by atoms with Gasteiger partial charge in [0.2, 0.25) is 0 Å². The van der Waals surface area contributed by atoms with Crippen molar-refractivity contribution < 1.29 is 13.5 Å². The summed E-state index contributed by atoms with van der Waals surface area (Å²) in [5.41, 5.74) is 7.65. The van der Waals surface area contributed by atoms with Crippen LogP contribution in [0.25, 0.3) is 10.4 Å². The molecule has 0 saturated carbocycles. The fraction of sp³-hybridized carbons (Fsp3) is 0.214. The van der Waals surface area contributed by atoms with Gasteiger partial charge in [-0.2, -0.15) is 14.0 Å². The summed E-state index contributed by atoms with van der Waals surface area (Å²) in [6.07, 6.45) is 0.613. The van der Waals surface area contributed by atoms with E-state index in [4.69, 9.17) is 11.0 Å². The third-order valence-corrected chi connectivity index (χ3v) is 4.04. The molecule has 0 amide bonds. The molecule has 6 heteroatoms. The van der Waals surface area contributed by atoms with Crippen LogP contribution in [0.5, 0.6) is 5.75 Å². The number of hydrogen-bond donors (Lipinski definition) is 1. The van der Waals surface area contributed by atoms with Crippen LogP contribution in [-0.2, 0) is 6.42 Å². The Morgan fingerprint density at radius 1 is 1.40 bits per heavy atom. The van der Waals surface area contributed by atoms with E-state index in [1.165, 1.54) is 17.4 Å². The molecule has 0 aliphatic heterocycles. The Hall–Kier alpha value is -2.13. The normalized spacial score (nSPS) is 10.6. The molecule has 1 aromatic heterocycles. The molecule has 1 aromatic carbocycles. The molecular formula is C14H12F2N2OS. The smallest absolute Gasteiger partial charge is 0.387 e. The molecule has 2 aromatic rings. The second kappa shape index (κ2) is 5.88. The van der Waals surface area contributed by atoms with E-state index in [9.17, 15) is 8.78 Å². The molecule has 0 aliphatic rings. The van der Waals surface area contributed by atoms with Crippen molar-refractivity contribution in [2.45, 2.75) is 20.0 Å². The molecule has 0 fully saturated rings. The number of nitriles is 1. The highest BCUT2D eigenvalue weighted by molar-refractivity contribution is 7.16. The quantitative estimate of drug-likeness (QED) is 0.926. The lowest BCUT2D eigenvalue weighted by atomic mass is 10.1. The largest absolute Gasteiger partial charge is 0.434 e. The molecule has 0 radical (unpaired) electrons. The highest BCUT2D eigenvalue weighted by Gasteiger charge is 2.19. The van der Waals surface area contributed by atoms with Crippen LogP contribution in [0.2, 0.25) is 0 Å². The predicted molar refractivity (Wildman–Crippen MR) is 74.9 cm³/mol. The van der Waals surface area contributed by atoms with Gasteiger partial charge in [0.05, 0.1) is 5.69 Å². The highest BCUT2D eigenvalue weighted by atomic mass is 32.1. The maximum Gasteiger partial charge on any atom is 0.387 e. The van der Waals surface area contributed by atoms with Crippen LogP contribution in [-0.4, -0.2) is 6.61 Å².